The van der Waals surface area contributed by atoms with Gasteiger partial charge in [-0.3, -0.25) is 18.6 Å². The Kier molecular flexibility index (Phi) is 35.0. The molecule has 0 amide bonds. The zero-order valence-corrected chi connectivity index (χ0v) is 38.6. The fraction of sp³-hybridized carbons (Fsp3) is 0.830. The predicted octanol–water partition coefficient (Wildman–Crippen LogP) is 9.39. The van der Waals surface area contributed by atoms with E-state index in [2.05, 4.69) is 50.3 Å². The van der Waals surface area contributed by atoms with Crippen molar-refractivity contribution in [2.24, 2.45) is 0 Å². The van der Waals surface area contributed by atoms with E-state index < -0.39 is 75.7 Å². The molecule has 356 valence electrons. The summed E-state index contributed by atoms with van der Waals surface area (Å²) in [5, 5.41) is 50.2. The second kappa shape index (κ2) is 37.4. The van der Waals surface area contributed by atoms with Gasteiger partial charge in [0.15, 0.2) is 6.10 Å². The summed E-state index contributed by atoms with van der Waals surface area (Å²) in [7, 11) is -5.12. The van der Waals surface area contributed by atoms with Gasteiger partial charge in [0.25, 0.3) is 0 Å². The smallest absolute Gasteiger partial charge is 0.462 e. The highest BCUT2D eigenvalue weighted by molar-refractivity contribution is 7.47. The minimum atomic E-state index is -5.12. The van der Waals surface area contributed by atoms with Crippen molar-refractivity contribution in [2.75, 3.05) is 13.2 Å². The predicted molar refractivity (Wildman–Crippen MR) is 240 cm³/mol. The number of phosphoric acid groups is 1. The summed E-state index contributed by atoms with van der Waals surface area (Å²) in [6, 6.07) is 0. The standard InChI is InChI=1S/C47H85O13P/c1-3-5-7-9-11-13-15-17-19-20-22-24-26-28-30-32-34-36-41(49)59-39(38-58-61(55,56)60-47-45(53)43(51)42(50)44(52)46(47)54)37-57-40(48)35-33-31-29-27-25-23-21-18-16-14-12-10-8-6-4-2/h10-13,17,19,39,42-47,50-54H,3-9,14-16,18,20-38H2,1-2H3,(H,55,56)/b12-10+,13-11+,19-17+/t39-,42?,43+,44?,45?,46?,47?/m1/s1. The van der Waals surface area contributed by atoms with Gasteiger partial charge < -0.3 is 39.9 Å². The maximum Gasteiger partial charge on any atom is 0.472 e. The lowest BCUT2D eigenvalue weighted by Crippen LogP contribution is -2.64. The lowest BCUT2D eigenvalue weighted by molar-refractivity contribution is -0.220. The Morgan fingerprint density at radius 1 is 0.508 bits per heavy atom. The molecular weight excluding hydrogens is 803 g/mol. The normalized spacial score (nSPS) is 22.3. The highest BCUT2D eigenvalue weighted by Crippen LogP contribution is 2.47. The van der Waals surface area contributed by atoms with Crippen LogP contribution in [0.2, 0.25) is 0 Å². The van der Waals surface area contributed by atoms with Gasteiger partial charge in [-0.2, -0.15) is 0 Å². The van der Waals surface area contributed by atoms with Gasteiger partial charge in [0.2, 0.25) is 0 Å². The molecule has 61 heavy (non-hydrogen) atoms. The van der Waals surface area contributed by atoms with Crippen LogP contribution in [0, 0.1) is 0 Å². The highest BCUT2D eigenvalue weighted by Gasteiger charge is 2.51. The third kappa shape index (κ3) is 30.0. The van der Waals surface area contributed by atoms with Crippen LogP contribution < -0.4 is 0 Å². The van der Waals surface area contributed by atoms with Crippen LogP contribution in [-0.2, 0) is 32.7 Å². The first-order valence-electron chi connectivity index (χ1n) is 23.8. The summed E-state index contributed by atoms with van der Waals surface area (Å²) in [5.74, 6) is -1.11. The molecule has 0 heterocycles. The Morgan fingerprint density at radius 3 is 1.39 bits per heavy atom. The van der Waals surface area contributed by atoms with Gasteiger partial charge in [-0.1, -0.05) is 153 Å². The van der Waals surface area contributed by atoms with E-state index in [1.54, 1.807) is 0 Å². The Balaban J connectivity index is 2.45. The number of ether oxygens (including phenoxy) is 2. The van der Waals surface area contributed by atoms with Gasteiger partial charge in [0.1, 0.15) is 43.2 Å². The number of aliphatic hydroxyl groups excluding tert-OH is 5. The van der Waals surface area contributed by atoms with Crippen molar-refractivity contribution < 1.29 is 63.1 Å². The van der Waals surface area contributed by atoms with E-state index in [1.807, 2.05) is 0 Å². The van der Waals surface area contributed by atoms with Gasteiger partial charge in [-0.15, -0.1) is 0 Å². The number of rotatable bonds is 39. The zero-order chi connectivity index (χ0) is 45.0. The Morgan fingerprint density at radius 2 is 0.902 bits per heavy atom. The Bertz CT molecular complexity index is 1210. The molecule has 6 N–H and O–H groups in total. The van der Waals surface area contributed by atoms with Gasteiger partial charge >= 0.3 is 19.8 Å². The first-order valence-corrected chi connectivity index (χ1v) is 25.3. The molecule has 14 heteroatoms. The molecule has 1 aliphatic rings. The molecule has 0 aromatic carbocycles. The van der Waals surface area contributed by atoms with E-state index in [0.29, 0.717) is 12.8 Å². The monoisotopic (exact) mass is 889 g/mol. The number of aliphatic hydroxyl groups is 5. The molecule has 0 aromatic rings. The van der Waals surface area contributed by atoms with E-state index in [-0.39, 0.29) is 12.8 Å². The van der Waals surface area contributed by atoms with Crippen LogP contribution in [0.1, 0.15) is 194 Å². The second-order valence-electron chi connectivity index (χ2n) is 16.6. The molecular formula is C47H85O13P. The molecule has 13 nitrogen and oxygen atoms in total. The van der Waals surface area contributed by atoms with Crippen molar-refractivity contribution in [3.8, 4) is 0 Å². The molecule has 1 saturated carbocycles. The highest BCUT2D eigenvalue weighted by atomic mass is 31.2. The molecule has 0 bridgehead atoms. The minimum Gasteiger partial charge on any atom is -0.462 e. The Hall–Kier alpha value is -1.93. The number of esters is 2. The largest absolute Gasteiger partial charge is 0.472 e. The van der Waals surface area contributed by atoms with Gasteiger partial charge in [0.05, 0.1) is 6.61 Å². The quantitative estimate of drug-likeness (QED) is 0.0147. The number of hydrogen-bond acceptors (Lipinski definition) is 12. The maximum atomic E-state index is 12.8. The number of carbonyl (C=O) groups is 2. The van der Waals surface area contributed by atoms with E-state index in [1.165, 1.54) is 70.6 Å². The summed E-state index contributed by atoms with van der Waals surface area (Å²) in [5.41, 5.74) is 0. The number of carbonyl (C=O) groups excluding carboxylic acids is 2. The van der Waals surface area contributed by atoms with E-state index >= 15 is 0 Å². The fourth-order valence-electron chi connectivity index (χ4n) is 7.06. The van der Waals surface area contributed by atoms with Crippen LogP contribution in [-0.4, -0.2) is 98.3 Å². The van der Waals surface area contributed by atoms with Crippen LogP contribution in [0.3, 0.4) is 0 Å². The first-order chi connectivity index (χ1) is 29.4. The summed E-state index contributed by atoms with van der Waals surface area (Å²) < 4.78 is 33.5. The third-order valence-corrected chi connectivity index (χ3v) is 11.9. The molecule has 1 rings (SSSR count). The Labute approximate surface area is 368 Å². The molecule has 1 fully saturated rings. The maximum absolute atomic E-state index is 12.8. The van der Waals surface area contributed by atoms with Crippen molar-refractivity contribution in [1.82, 2.24) is 0 Å². The van der Waals surface area contributed by atoms with Crippen LogP contribution >= 0.6 is 7.82 Å². The molecule has 0 aromatic heterocycles. The van der Waals surface area contributed by atoms with E-state index in [0.717, 1.165) is 83.5 Å². The molecule has 0 saturated heterocycles. The fourth-order valence-corrected chi connectivity index (χ4v) is 8.04. The number of allylic oxidation sites excluding steroid dienone is 6. The average molecular weight is 889 g/mol. The summed E-state index contributed by atoms with van der Waals surface area (Å²) in [6.07, 6.45) is 29.0. The number of unbranched alkanes of at least 4 members (excludes halogenated alkanes) is 21. The van der Waals surface area contributed by atoms with Crippen molar-refractivity contribution >= 4 is 19.8 Å². The summed E-state index contributed by atoms with van der Waals surface area (Å²) in [6.45, 7) is 3.24. The van der Waals surface area contributed by atoms with Crippen LogP contribution in [0.4, 0.5) is 0 Å². The third-order valence-electron chi connectivity index (χ3n) is 11.0. The van der Waals surface area contributed by atoms with Crippen molar-refractivity contribution in [3.05, 3.63) is 36.5 Å². The zero-order valence-electron chi connectivity index (χ0n) is 37.7. The summed E-state index contributed by atoms with van der Waals surface area (Å²) >= 11 is 0. The number of hydrogen-bond donors (Lipinski definition) is 6. The average Bonchev–Trinajstić information content (AvgIpc) is 3.24. The van der Waals surface area contributed by atoms with Crippen molar-refractivity contribution in [3.63, 3.8) is 0 Å². The molecule has 0 aliphatic heterocycles. The van der Waals surface area contributed by atoms with Crippen molar-refractivity contribution in [1.29, 1.82) is 0 Å². The van der Waals surface area contributed by atoms with Crippen LogP contribution in [0.25, 0.3) is 0 Å². The molecule has 1 aliphatic carbocycles. The lowest BCUT2D eigenvalue weighted by atomic mass is 9.85. The second-order valence-corrected chi connectivity index (χ2v) is 18.0. The molecule has 6 unspecified atom stereocenters. The lowest BCUT2D eigenvalue weighted by Gasteiger charge is -2.41. The van der Waals surface area contributed by atoms with Crippen LogP contribution in [0.5, 0.6) is 0 Å². The van der Waals surface area contributed by atoms with Crippen LogP contribution in [0.15, 0.2) is 36.5 Å². The number of phosphoric ester groups is 1. The van der Waals surface area contributed by atoms with Gasteiger partial charge in [-0.05, 0) is 64.2 Å². The first kappa shape index (κ1) is 57.1. The van der Waals surface area contributed by atoms with Crippen molar-refractivity contribution in [2.45, 2.75) is 236 Å². The topological polar surface area (TPSA) is 210 Å². The van der Waals surface area contributed by atoms with Gasteiger partial charge in [-0.25, -0.2) is 4.57 Å². The van der Waals surface area contributed by atoms with E-state index in [9.17, 15) is 44.6 Å². The SMILES string of the molecule is CCCC/C=C/CCCCCCCCCCCC(=O)OC[C@H](COP(=O)(O)OC1C(O)C(O)C(O)[C@H](O)C1O)OC(=O)CCCCCCCCC/C=C/C/C=C/CCCCC. The molecule has 8 atom stereocenters. The summed E-state index contributed by atoms with van der Waals surface area (Å²) in [4.78, 5) is 35.7. The van der Waals surface area contributed by atoms with Gasteiger partial charge in [0, 0.05) is 12.8 Å². The minimum absolute atomic E-state index is 0.0879. The molecule has 0 radical (unpaired) electrons. The van der Waals surface area contributed by atoms with E-state index in [4.69, 9.17) is 18.5 Å². The molecule has 0 spiro atoms.